The molecule has 0 unspecified atom stereocenters. The Labute approximate surface area is 144 Å². The number of esters is 1. The van der Waals surface area contributed by atoms with Crippen LogP contribution in [0.15, 0.2) is 18.2 Å². The van der Waals surface area contributed by atoms with Gasteiger partial charge in [0.05, 0.1) is 20.3 Å². The summed E-state index contributed by atoms with van der Waals surface area (Å²) >= 11 is 12.0. The maximum absolute atomic E-state index is 12.3. The monoisotopic (exact) mass is 360 g/mol. The van der Waals surface area contributed by atoms with Crippen LogP contribution < -0.4 is 5.32 Å². The summed E-state index contributed by atoms with van der Waals surface area (Å²) in [6.07, 6.45) is 0.221. The minimum absolute atomic E-state index is 0.221. The number of ether oxygens (including phenoxy) is 2. The fourth-order valence-electron chi connectivity index (χ4n) is 2.25. The van der Waals surface area contributed by atoms with E-state index in [9.17, 15) is 9.59 Å². The van der Waals surface area contributed by atoms with E-state index >= 15 is 0 Å². The number of methoxy groups -OCH3 is 1. The lowest BCUT2D eigenvalue weighted by Gasteiger charge is -2.28. The summed E-state index contributed by atoms with van der Waals surface area (Å²) < 4.78 is 9.97. The normalized spacial score (nSPS) is 15.9. The quantitative estimate of drug-likeness (QED) is 0.835. The molecule has 6 nitrogen and oxygen atoms in total. The molecule has 2 amide bonds. The van der Waals surface area contributed by atoms with Gasteiger partial charge in [-0.3, -0.25) is 0 Å². The molecule has 0 aliphatic carbocycles. The van der Waals surface area contributed by atoms with Crippen LogP contribution >= 0.6 is 23.2 Å². The summed E-state index contributed by atoms with van der Waals surface area (Å²) in [5, 5.41) is 3.64. The van der Waals surface area contributed by atoms with Crippen LogP contribution in [-0.2, 0) is 20.7 Å². The molecule has 1 N–H and O–H groups in total. The summed E-state index contributed by atoms with van der Waals surface area (Å²) in [4.78, 5) is 25.8. The topological polar surface area (TPSA) is 67.9 Å². The molecule has 126 valence electrons. The molecule has 0 bridgehead atoms. The van der Waals surface area contributed by atoms with Gasteiger partial charge >= 0.3 is 12.0 Å². The van der Waals surface area contributed by atoms with Gasteiger partial charge in [0.1, 0.15) is 6.04 Å². The van der Waals surface area contributed by atoms with Crippen LogP contribution in [0.1, 0.15) is 5.56 Å². The molecule has 1 atom stereocenters. The highest BCUT2D eigenvalue weighted by molar-refractivity contribution is 6.35. The van der Waals surface area contributed by atoms with E-state index in [0.717, 1.165) is 0 Å². The number of morpholine rings is 1. The predicted molar refractivity (Wildman–Crippen MR) is 86.9 cm³/mol. The average molecular weight is 361 g/mol. The predicted octanol–water partition coefficient (Wildman–Crippen LogP) is 2.12. The first-order valence-electron chi connectivity index (χ1n) is 7.16. The van der Waals surface area contributed by atoms with E-state index in [0.29, 0.717) is 41.9 Å². The van der Waals surface area contributed by atoms with Gasteiger partial charge in [-0.2, -0.15) is 0 Å². The minimum atomic E-state index is -0.825. The third-order valence-electron chi connectivity index (χ3n) is 3.52. The number of hydrogen-bond acceptors (Lipinski definition) is 4. The summed E-state index contributed by atoms with van der Waals surface area (Å²) in [5.41, 5.74) is 0.703. The first-order chi connectivity index (χ1) is 11.0. The fraction of sp³-hybridized carbons (Fsp3) is 0.467. The van der Waals surface area contributed by atoms with Crippen molar-refractivity contribution in [2.24, 2.45) is 0 Å². The van der Waals surface area contributed by atoms with Crippen molar-refractivity contribution >= 4 is 35.2 Å². The van der Waals surface area contributed by atoms with Crippen LogP contribution in [0.4, 0.5) is 4.79 Å². The van der Waals surface area contributed by atoms with Gasteiger partial charge in [0.2, 0.25) is 0 Å². The Bertz CT molecular complexity index is 577. The second-order valence-electron chi connectivity index (χ2n) is 5.06. The molecule has 1 aliphatic heterocycles. The molecular formula is C15H18Cl2N2O4. The zero-order valence-electron chi connectivity index (χ0n) is 12.7. The second-order valence-corrected chi connectivity index (χ2v) is 5.91. The molecule has 1 aromatic rings. The smallest absolute Gasteiger partial charge is 0.328 e. The molecule has 23 heavy (non-hydrogen) atoms. The van der Waals surface area contributed by atoms with Crippen LogP contribution in [0, 0.1) is 0 Å². The van der Waals surface area contributed by atoms with Crippen molar-refractivity contribution in [3.05, 3.63) is 33.8 Å². The molecule has 1 aromatic carbocycles. The van der Waals surface area contributed by atoms with Crippen LogP contribution in [0.3, 0.4) is 0 Å². The number of halogens is 2. The Balaban J connectivity index is 2.07. The second kappa shape index (κ2) is 8.38. The van der Waals surface area contributed by atoms with E-state index in [-0.39, 0.29) is 12.5 Å². The van der Waals surface area contributed by atoms with Crippen molar-refractivity contribution < 1.29 is 19.1 Å². The fourth-order valence-corrected chi connectivity index (χ4v) is 2.74. The Kier molecular flexibility index (Phi) is 6.50. The Hall–Kier alpha value is -1.50. The lowest BCUT2D eigenvalue weighted by Crippen LogP contribution is -2.52. The van der Waals surface area contributed by atoms with Crippen molar-refractivity contribution in [1.29, 1.82) is 0 Å². The largest absolute Gasteiger partial charge is 0.467 e. The number of carbonyl (C=O) groups excluding carboxylic acids is 2. The number of urea groups is 1. The van der Waals surface area contributed by atoms with E-state index in [2.05, 4.69) is 5.32 Å². The van der Waals surface area contributed by atoms with Crippen molar-refractivity contribution in [1.82, 2.24) is 10.2 Å². The SMILES string of the molecule is COC(=O)[C@@H](Cc1ccc(Cl)cc1Cl)NC(=O)N1CCOCC1. The highest BCUT2D eigenvalue weighted by atomic mass is 35.5. The number of carbonyl (C=O) groups is 2. The number of nitrogens with zero attached hydrogens (tertiary/aromatic N) is 1. The average Bonchev–Trinajstić information content (AvgIpc) is 2.56. The van der Waals surface area contributed by atoms with Crippen molar-refractivity contribution in [3.8, 4) is 0 Å². The molecule has 0 radical (unpaired) electrons. The van der Waals surface area contributed by atoms with Gasteiger partial charge < -0.3 is 19.7 Å². The highest BCUT2D eigenvalue weighted by Crippen LogP contribution is 2.22. The lowest BCUT2D eigenvalue weighted by atomic mass is 10.1. The molecule has 1 heterocycles. The zero-order chi connectivity index (χ0) is 16.8. The minimum Gasteiger partial charge on any atom is -0.467 e. The molecule has 2 rings (SSSR count). The van der Waals surface area contributed by atoms with E-state index in [1.54, 1.807) is 23.1 Å². The number of amides is 2. The van der Waals surface area contributed by atoms with Gasteiger partial charge in [-0.15, -0.1) is 0 Å². The third-order valence-corrected chi connectivity index (χ3v) is 4.11. The van der Waals surface area contributed by atoms with Gasteiger partial charge in [0, 0.05) is 29.6 Å². The lowest BCUT2D eigenvalue weighted by molar-refractivity contribution is -0.142. The standard InChI is InChI=1S/C15H18Cl2N2O4/c1-22-14(20)13(8-10-2-3-11(16)9-12(10)17)18-15(21)19-4-6-23-7-5-19/h2-3,9,13H,4-8H2,1H3,(H,18,21)/t13-/m1/s1. The number of nitrogens with one attached hydrogen (secondary N) is 1. The molecule has 1 fully saturated rings. The van der Waals surface area contributed by atoms with E-state index in [1.807, 2.05) is 0 Å². The first-order valence-corrected chi connectivity index (χ1v) is 7.92. The van der Waals surface area contributed by atoms with Crippen LogP contribution in [0.25, 0.3) is 0 Å². The summed E-state index contributed by atoms with van der Waals surface area (Å²) in [7, 11) is 1.28. The maximum Gasteiger partial charge on any atom is 0.328 e. The Morgan fingerprint density at radius 2 is 2.04 bits per heavy atom. The molecule has 1 saturated heterocycles. The van der Waals surface area contributed by atoms with Crippen molar-refractivity contribution in [2.75, 3.05) is 33.4 Å². The van der Waals surface area contributed by atoms with E-state index in [4.69, 9.17) is 32.7 Å². The third kappa shape index (κ3) is 4.99. The van der Waals surface area contributed by atoms with Gasteiger partial charge in [0.25, 0.3) is 0 Å². The Morgan fingerprint density at radius 1 is 1.35 bits per heavy atom. The van der Waals surface area contributed by atoms with Crippen LogP contribution in [0.2, 0.25) is 10.0 Å². The molecule has 1 aliphatic rings. The first kappa shape index (κ1) is 17.8. The van der Waals surface area contributed by atoms with Crippen LogP contribution in [0.5, 0.6) is 0 Å². The molecule has 0 spiro atoms. The van der Waals surface area contributed by atoms with Gasteiger partial charge in [-0.25, -0.2) is 9.59 Å². The summed E-state index contributed by atoms with van der Waals surface area (Å²) in [6, 6.07) is 3.85. The van der Waals surface area contributed by atoms with Gasteiger partial charge in [-0.05, 0) is 17.7 Å². The summed E-state index contributed by atoms with van der Waals surface area (Å²) in [6.45, 7) is 1.95. The zero-order valence-corrected chi connectivity index (χ0v) is 14.2. The van der Waals surface area contributed by atoms with E-state index in [1.165, 1.54) is 7.11 Å². The Morgan fingerprint density at radius 3 is 2.65 bits per heavy atom. The van der Waals surface area contributed by atoms with E-state index < -0.39 is 12.0 Å². The number of hydrogen-bond donors (Lipinski definition) is 1. The van der Waals surface area contributed by atoms with Crippen molar-refractivity contribution in [3.63, 3.8) is 0 Å². The molecule has 0 aromatic heterocycles. The highest BCUT2D eigenvalue weighted by Gasteiger charge is 2.26. The molecule has 0 saturated carbocycles. The molecular weight excluding hydrogens is 343 g/mol. The van der Waals surface area contributed by atoms with Gasteiger partial charge in [0.15, 0.2) is 0 Å². The van der Waals surface area contributed by atoms with Gasteiger partial charge in [-0.1, -0.05) is 29.3 Å². The maximum atomic E-state index is 12.3. The van der Waals surface area contributed by atoms with Crippen molar-refractivity contribution in [2.45, 2.75) is 12.5 Å². The molecule has 8 heteroatoms. The number of rotatable bonds is 4. The number of benzene rings is 1. The van der Waals surface area contributed by atoms with Crippen LogP contribution in [-0.4, -0.2) is 56.4 Å². The summed E-state index contributed by atoms with van der Waals surface area (Å²) in [5.74, 6) is -0.530.